The second-order valence-corrected chi connectivity index (χ2v) is 6.38. The Balaban J connectivity index is 3.47. The number of unbranched alkanes of at least 4 members (excludes halogenated alkanes) is 6. The molecule has 0 aromatic rings. The average Bonchev–Trinajstić information content (AvgIpc) is 2.46. The molecule has 0 spiro atoms. The summed E-state index contributed by atoms with van der Waals surface area (Å²) in [6.45, 7) is 8.52. The summed E-state index contributed by atoms with van der Waals surface area (Å²) in [7, 11) is 0. The van der Waals surface area contributed by atoms with Gasteiger partial charge in [0.05, 0.1) is 18.6 Å². The van der Waals surface area contributed by atoms with Gasteiger partial charge in [-0.05, 0) is 40.5 Å². The number of ether oxygens (including phenoxy) is 2. The SMILES string of the molecule is CCOC(=O)CCCCCCCCCC(C)(C)C(=O)OCC. The lowest BCUT2D eigenvalue weighted by molar-refractivity contribution is -0.153. The third-order valence-corrected chi connectivity index (χ3v) is 3.82. The molecule has 0 saturated heterocycles. The molecule has 0 heterocycles. The highest BCUT2D eigenvalue weighted by Crippen LogP contribution is 2.25. The smallest absolute Gasteiger partial charge is 0.311 e. The quantitative estimate of drug-likeness (QED) is 0.367. The highest BCUT2D eigenvalue weighted by molar-refractivity contribution is 5.75. The molecule has 0 fully saturated rings. The summed E-state index contributed by atoms with van der Waals surface area (Å²) in [5.74, 6) is -0.169. The van der Waals surface area contributed by atoms with Crippen LogP contribution >= 0.6 is 0 Å². The standard InChI is InChI=1S/C18H34O4/c1-5-21-16(19)14-12-10-8-7-9-11-13-15-18(3,4)17(20)22-6-2/h5-15H2,1-4H3. The third kappa shape index (κ3) is 10.6. The van der Waals surface area contributed by atoms with Gasteiger partial charge in [-0.1, -0.05) is 38.5 Å². The first kappa shape index (κ1) is 20.9. The molecule has 4 nitrogen and oxygen atoms in total. The summed E-state index contributed by atoms with van der Waals surface area (Å²) in [6, 6.07) is 0. The van der Waals surface area contributed by atoms with Crippen LogP contribution in [-0.4, -0.2) is 25.2 Å². The molecule has 0 amide bonds. The summed E-state index contributed by atoms with van der Waals surface area (Å²) in [5, 5.41) is 0. The van der Waals surface area contributed by atoms with Crippen LogP contribution in [0.1, 0.15) is 85.5 Å². The zero-order valence-electron chi connectivity index (χ0n) is 14.9. The minimum atomic E-state index is -0.365. The second kappa shape index (κ2) is 12.5. The lowest BCUT2D eigenvalue weighted by atomic mass is 9.87. The number of esters is 2. The maximum absolute atomic E-state index is 11.7. The number of carbonyl (C=O) groups excluding carboxylic acids is 2. The van der Waals surface area contributed by atoms with Crippen molar-refractivity contribution < 1.29 is 19.1 Å². The molecule has 0 unspecified atom stereocenters. The van der Waals surface area contributed by atoms with Gasteiger partial charge in [0.25, 0.3) is 0 Å². The van der Waals surface area contributed by atoms with Crippen LogP contribution in [0.4, 0.5) is 0 Å². The molecular weight excluding hydrogens is 280 g/mol. The van der Waals surface area contributed by atoms with E-state index in [9.17, 15) is 9.59 Å². The van der Waals surface area contributed by atoms with Crippen molar-refractivity contribution in [2.45, 2.75) is 85.5 Å². The Morgan fingerprint density at radius 2 is 1.27 bits per heavy atom. The monoisotopic (exact) mass is 314 g/mol. The van der Waals surface area contributed by atoms with E-state index in [1.165, 1.54) is 19.3 Å². The molecule has 0 rings (SSSR count). The van der Waals surface area contributed by atoms with E-state index >= 15 is 0 Å². The first-order chi connectivity index (χ1) is 10.4. The molecule has 0 aliphatic carbocycles. The van der Waals surface area contributed by atoms with Crippen LogP contribution in [-0.2, 0) is 19.1 Å². The second-order valence-electron chi connectivity index (χ2n) is 6.38. The van der Waals surface area contributed by atoms with E-state index < -0.39 is 0 Å². The first-order valence-corrected chi connectivity index (χ1v) is 8.77. The molecule has 0 aliphatic rings. The maximum atomic E-state index is 11.7. The van der Waals surface area contributed by atoms with E-state index in [-0.39, 0.29) is 17.4 Å². The Labute approximate surface area is 135 Å². The normalized spacial score (nSPS) is 11.3. The van der Waals surface area contributed by atoms with E-state index in [2.05, 4.69) is 0 Å². The molecule has 130 valence electrons. The first-order valence-electron chi connectivity index (χ1n) is 8.77. The zero-order valence-corrected chi connectivity index (χ0v) is 14.9. The van der Waals surface area contributed by atoms with Crippen LogP contribution in [0.3, 0.4) is 0 Å². The van der Waals surface area contributed by atoms with Gasteiger partial charge < -0.3 is 9.47 Å². The van der Waals surface area contributed by atoms with E-state index in [0.29, 0.717) is 19.6 Å². The Hall–Kier alpha value is -1.06. The third-order valence-electron chi connectivity index (χ3n) is 3.82. The fourth-order valence-electron chi connectivity index (χ4n) is 2.38. The van der Waals surface area contributed by atoms with Gasteiger partial charge in [0.1, 0.15) is 0 Å². The minimum absolute atomic E-state index is 0.0799. The van der Waals surface area contributed by atoms with E-state index in [1.54, 1.807) is 0 Å². The average molecular weight is 314 g/mol. The number of hydrogen-bond acceptors (Lipinski definition) is 4. The zero-order chi connectivity index (χ0) is 16.8. The van der Waals surface area contributed by atoms with Gasteiger partial charge in [-0.2, -0.15) is 0 Å². The van der Waals surface area contributed by atoms with Crippen LogP contribution in [0.25, 0.3) is 0 Å². The van der Waals surface area contributed by atoms with Crippen molar-refractivity contribution in [2.24, 2.45) is 5.41 Å². The van der Waals surface area contributed by atoms with Gasteiger partial charge in [-0.3, -0.25) is 9.59 Å². The molecule has 0 aromatic heterocycles. The summed E-state index contributed by atoms with van der Waals surface area (Å²) in [4.78, 5) is 22.9. The molecular formula is C18H34O4. The van der Waals surface area contributed by atoms with Crippen molar-refractivity contribution in [1.82, 2.24) is 0 Å². The van der Waals surface area contributed by atoms with Crippen LogP contribution in [0, 0.1) is 5.41 Å². The minimum Gasteiger partial charge on any atom is -0.466 e. The van der Waals surface area contributed by atoms with Crippen molar-refractivity contribution in [3.63, 3.8) is 0 Å². The van der Waals surface area contributed by atoms with Gasteiger partial charge in [-0.15, -0.1) is 0 Å². The lowest BCUT2D eigenvalue weighted by Crippen LogP contribution is -2.26. The van der Waals surface area contributed by atoms with Gasteiger partial charge in [-0.25, -0.2) is 0 Å². The van der Waals surface area contributed by atoms with Gasteiger partial charge in [0.2, 0.25) is 0 Å². The van der Waals surface area contributed by atoms with Gasteiger partial charge in [0, 0.05) is 6.42 Å². The molecule has 0 radical (unpaired) electrons. The molecule has 0 atom stereocenters. The van der Waals surface area contributed by atoms with Crippen molar-refractivity contribution in [2.75, 3.05) is 13.2 Å². The van der Waals surface area contributed by atoms with Crippen molar-refractivity contribution in [3.05, 3.63) is 0 Å². The van der Waals surface area contributed by atoms with Crippen LogP contribution in [0.2, 0.25) is 0 Å². The molecule has 0 N–H and O–H groups in total. The van der Waals surface area contributed by atoms with Gasteiger partial charge in [0.15, 0.2) is 0 Å². The topological polar surface area (TPSA) is 52.6 Å². The van der Waals surface area contributed by atoms with Crippen molar-refractivity contribution >= 4 is 11.9 Å². The van der Waals surface area contributed by atoms with Crippen molar-refractivity contribution in [3.8, 4) is 0 Å². The molecule has 0 aliphatic heterocycles. The molecule has 0 aromatic carbocycles. The van der Waals surface area contributed by atoms with Crippen LogP contribution in [0.5, 0.6) is 0 Å². The fourth-order valence-corrected chi connectivity index (χ4v) is 2.38. The highest BCUT2D eigenvalue weighted by Gasteiger charge is 2.28. The fraction of sp³-hybridized carbons (Fsp3) is 0.889. The molecule has 0 saturated carbocycles. The summed E-state index contributed by atoms with van der Waals surface area (Å²) in [5.41, 5.74) is -0.365. The Bertz CT molecular complexity index is 310. The van der Waals surface area contributed by atoms with Gasteiger partial charge >= 0.3 is 11.9 Å². The molecule has 22 heavy (non-hydrogen) atoms. The highest BCUT2D eigenvalue weighted by atomic mass is 16.5. The predicted octanol–water partition coefficient (Wildman–Crippen LogP) is 4.65. The van der Waals surface area contributed by atoms with E-state index in [0.717, 1.165) is 32.1 Å². The summed E-state index contributed by atoms with van der Waals surface area (Å²) in [6.07, 6.45) is 9.22. The molecule has 4 heteroatoms. The predicted molar refractivity (Wildman–Crippen MR) is 88.6 cm³/mol. The van der Waals surface area contributed by atoms with E-state index in [4.69, 9.17) is 9.47 Å². The number of carbonyl (C=O) groups is 2. The number of rotatable bonds is 13. The van der Waals surface area contributed by atoms with Crippen LogP contribution in [0.15, 0.2) is 0 Å². The Kier molecular flexibility index (Phi) is 11.9. The Morgan fingerprint density at radius 1 is 0.773 bits per heavy atom. The molecule has 0 bridgehead atoms. The number of hydrogen-bond donors (Lipinski definition) is 0. The summed E-state index contributed by atoms with van der Waals surface area (Å²) >= 11 is 0. The van der Waals surface area contributed by atoms with E-state index in [1.807, 2.05) is 27.7 Å². The lowest BCUT2D eigenvalue weighted by Gasteiger charge is -2.21. The largest absolute Gasteiger partial charge is 0.466 e. The summed E-state index contributed by atoms with van der Waals surface area (Å²) < 4.78 is 9.98. The Morgan fingerprint density at radius 3 is 1.82 bits per heavy atom. The maximum Gasteiger partial charge on any atom is 0.311 e. The van der Waals surface area contributed by atoms with Crippen molar-refractivity contribution in [1.29, 1.82) is 0 Å². The van der Waals surface area contributed by atoms with Crippen LogP contribution < -0.4 is 0 Å².